The van der Waals surface area contributed by atoms with Crippen molar-refractivity contribution in [2.24, 2.45) is 5.92 Å². The minimum Gasteiger partial charge on any atom is -0.342 e. The van der Waals surface area contributed by atoms with Crippen LogP contribution in [-0.2, 0) is 16.1 Å². The van der Waals surface area contributed by atoms with E-state index in [1.807, 2.05) is 17.2 Å². The van der Waals surface area contributed by atoms with Crippen molar-refractivity contribution in [3.05, 3.63) is 11.1 Å². The van der Waals surface area contributed by atoms with E-state index >= 15 is 0 Å². The molecule has 0 N–H and O–H groups in total. The number of anilines is 1. The van der Waals surface area contributed by atoms with E-state index in [4.69, 9.17) is 0 Å². The fraction of sp³-hybridized carbons (Fsp3) is 0.722. The first-order valence-corrected chi connectivity index (χ1v) is 10.2. The highest BCUT2D eigenvalue weighted by Crippen LogP contribution is 2.25. The molecule has 138 valence electrons. The van der Waals surface area contributed by atoms with Gasteiger partial charge in [-0.15, -0.1) is 11.3 Å². The molecule has 0 radical (unpaired) electrons. The highest BCUT2D eigenvalue weighted by molar-refractivity contribution is 7.14. The first kappa shape index (κ1) is 18.3. The van der Waals surface area contributed by atoms with E-state index in [-0.39, 0.29) is 11.8 Å². The largest absolute Gasteiger partial charge is 0.342 e. The molecule has 0 aliphatic carbocycles. The molecule has 2 saturated heterocycles. The van der Waals surface area contributed by atoms with Gasteiger partial charge in [0, 0.05) is 44.4 Å². The van der Waals surface area contributed by atoms with Gasteiger partial charge in [-0.1, -0.05) is 0 Å². The van der Waals surface area contributed by atoms with Gasteiger partial charge in [0.2, 0.25) is 11.8 Å². The van der Waals surface area contributed by atoms with Gasteiger partial charge in [0.1, 0.15) is 0 Å². The van der Waals surface area contributed by atoms with Crippen molar-refractivity contribution in [3.8, 4) is 0 Å². The molecule has 0 atom stereocenters. The number of hydrogen-bond acceptors (Lipinski definition) is 5. The van der Waals surface area contributed by atoms with Gasteiger partial charge in [-0.3, -0.25) is 19.4 Å². The maximum atomic E-state index is 12.5. The van der Waals surface area contributed by atoms with Crippen LogP contribution in [0.25, 0.3) is 0 Å². The zero-order valence-corrected chi connectivity index (χ0v) is 16.1. The quantitative estimate of drug-likeness (QED) is 0.805. The van der Waals surface area contributed by atoms with E-state index in [1.165, 1.54) is 11.3 Å². The van der Waals surface area contributed by atoms with E-state index in [2.05, 4.69) is 9.88 Å². The molecule has 2 amide bonds. The van der Waals surface area contributed by atoms with Crippen molar-refractivity contribution >= 4 is 28.3 Å². The molecule has 6 nitrogen and oxygen atoms in total. The van der Waals surface area contributed by atoms with Gasteiger partial charge in [-0.25, -0.2) is 4.98 Å². The molecule has 0 unspecified atom stereocenters. The number of carbonyl (C=O) groups is 2. The fourth-order valence-electron chi connectivity index (χ4n) is 3.75. The number of piperidine rings is 1. The smallest absolute Gasteiger partial charge is 0.225 e. The monoisotopic (exact) mass is 364 g/mol. The maximum Gasteiger partial charge on any atom is 0.225 e. The summed E-state index contributed by atoms with van der Waals surface area (Å²) in [5.41, 5.74) is 1.02. The number of nitrogens with zero attached hydrogens (tertiary/aromatic N) is 4. The molecule has 3 heterocycles. The normalized spacial score (nSPS) is 19.4. The Morgan fingerprint density at radius 1 is 1.24 bits per heavy atom. The van der Waals surface area contributed by atoms with Crippen LogP contribution in [0.3, 0.4) is 0 Å². The Bertz CT molecular complexity index is 604. The topological polar surface area (TPSA) is 56.8 Å². The minimum atomic E-state index is 0.0321. The van der Waals surface area contributed by atoms with Crippen LogP contribution in [0.5, 0.6) is 0 Å². The molecule has 0 spiro atoms. The highest BCUT2D eigenvalue weighted by Gasteiger charge is 2.30. The average molecular weight is 365 g/mol. The molecule has 3 rings (SSSR count). The summed E-state index contributed by atoms with van der Waals surface area (Å²) in [4.78, 5) is 34.9. The molecule has 2 fully saturated rings. The maximum absolute atomic E-state index is 12.5. The second-order valence-electron chi connectivity index (χ2n) is 6.97. The summed E-state index contributed by atoms with van der Waals surface area (Å²) in [5, 5.41) is 2.83. The van der Waals surface area contributed by atoms with Crippen LogP contribution < -0.4 is 4.90 Å². The van der Waals surface area contributed by atoms with Crippen molar-refractivity contribution in [2.75, 3.05) is 37.6 Å². The Kier molecular flexibility index (Phi) is 6.06. The predicted octanol–water partition coefficient (Wildman–Crippen LogP) is 2.35. The van der Waals surface area contributed by atoms with Crippen LogP contribution in [0.2, 0.25) is 0 Å². The van der Waals surface area contributed by atoms with Crippen LogP contribution >= 0.6 is 11.3 Å². The Balaban J connectivity index is 1.50. The van der Waals surface area contributed by atoms with E-state index in [1.54, 1.807) is 11.8 Å². The van der Waals surface area contributed by atoms with Crippen molar-refractivity contribution in [3.63, 3.8) is 0 Å². The van der Waals surface area contributed by atoms with Crippen LogP contribution in [0.1, 0.15) is 45.2 Å². The van der Waals surface area contributed by atoms with Gasteiger partial charge in [-0.05, 0) is 45.7 Å². The Hall–Kier alpha value is -1.47. The third-order valence-corrected chi connectivity index (χ3v) is 6.12. The molecule has 0 saturated carbocycles. The molecule has 7 heteroatoms. The number of amides is 2. The molecule has 1 aromatic rings. The molecular formula is C18H28N4O2S. The van der Waals surface area contributed by atoms with Gasteiger partial charge >= 0.3 is 0 Å². The lowest BCUT2D eigenvalue weighted by atomic mass is 9.95. The Labute approximate surface area is 153 Å². The lowest BCUT2D eigenvalue weighted by molar-refractivity contribution is -0.136. The number of carbonyl (C=O) groups excluding carboxylic acids is 2. The van der Waals surface area contributed by atoms with Crippen LogP contribution in [-0.4, -0.2) is 59.3 Å². The van der Waals surface area contributed by atoms with Gasteiger partial charge in [0.15, 0.2) is 5.13 Å². The van der Waals surface area contributed by atoms with Crippen molar-refractivity contribution in [2.45, 2.75) is 46.1 Å². The fourth-order valence-corrected chi connectivity index (χ4v) is 4.67. The number of rotatable bonds is 5. The standard InChI is InChI=1S/C18H28N4O2S/c1-3-22(14(2)23)18-19-16(13-25-18)12-20-10-6-15(7-11-20)17(24)21-8-4-5-9-21/h13,15H,3-12H2,1-2H3. The molecule has 2 aliphatic heterocycles. The van der Waals surface area contributed by atoms with E-state index in [9.17, 15) is 9.59 Å². The summed E-state index contributed by atoms with van der Waals surface area (Å²) in [6, 6.07) is 0. The SMILES string of the molecule is CCN(C(C)=O)c1nc(CN2CCC(C(=O)N3CCCC3)CC2)cs1. The van der Waals surface area contributed by atoms with E-state index in [0.29, 0.717) is 12.5 Å². The van der Waals surface area contributed by atoms with Gasteiger partial charge in [0.05, 0.1) is 5.69 Å². The van der Waals surface area contributed by atoms with Crippen LogP contribution in [0, 0.1) is 5.92 Å². The molecule has 0 bridgehead atoms. The summed E-state index contributed by atoms with van der Waals surface area (Å²) in [5.74, 6) is 0.603. The number of likely N-dealkylation sites (tertiary alicyclic amines) is 2. The van der Waals surface area contributed by atoms with Gasteiger partial charge < -0.3 is 4.90 Å². The van der Waals surface area contributed by atoms with Crippen molar-refractivity contribution in [1.82, 2.24) is 14.8 Å². The lowest BCUT2D eigenvalue weighted by Crippen LogP contribution is -2.41. The summed E-state index contributed by atoms with van der Waals surface area (Å²) < 4.78 is 0. The number of hydrogen-bond donors (Lipinski definition) is 0. The highest BCUT2D eigenvalue weighted by atomic mass is 32.1. The summed E-state index contributed by atoms with van der Waals surface area (Å²) in [7, 11) is 0. The first-order valence-electron chi connectivity index (χ1n) is 9.32. The van der Waals surface area contributed by atoms with Crippen LogP contribution in [0.15, 0.2) is 5.38 Å². The van der Waals surface area contributed by atoms with Gasteiger partial charge in [0.25, 0.3) is 0 Å². The first-order chi connectivity index (χ1) is 12.1. The third kappa shape index (κ3) is 4.39. The average Bonchev–Trinajstić information content (AvgIpc) is 3.27. The van der Waals surface area contributed by atoms with Gasteiger partial charge in [-0.2, -0.15) is 0 Å². The van der Waals surface area contributed by atoms with E-state index < -0.39 is 0 Å². The second-order valence-corrected chi connectivity index (χ2v) is 7.80. The lowest BCUT2D eigenvalue weighted by Gasteiger charge is -2.32. The predicted molar refractivity (Wildman–Crippen MR) is 99.6 cm³/mol. The minimum absolute atomic E-state index is 0.0321. The summed E-state index contributed by atoms with van der Waals surface area (Å²) >= 11 is 1.53. The summed E-state index contributed by atoms with van der Waals surface area (Å²) in [6.45, 7) is 8.78. The van der Waals surface area contributed by atoms with Crippen molar-refractivity contribution < 1.29 is 9.59 Å². The Morgan fingerprint density at radius 2 is 1.92 bits per heavy atom. The molecule has 0 aromatic carbocycles. The molecule has 1 aromatic heterocycles. The third-order valence-electron chi connectivity index (χ3n) is 5.21. The Morgan fingerprint density at radius 3 is 2.52 bits per heavy atom. The molecule has 25 heavy (non-hydrogen) atoms. The van der Waals surface area contributed by atoms with E-state index in [0.717, 1.165) is 69.2 Å². The zero-order valence-electron chi connectivity index (χ0n) is 15.2. The number of thiazole rings is 1. The molecular weight excluding hydrogens is 336 g/mol. The van der Waals surface area contributed by atoms with Crippen molar-refractivity contribution in [1.29, 1.82) is 0 Å². The second kappa shape index (κ2) is 8.27. The summed E-state index contributed by atoms with van der Waals surface area (Å²) in [6.07, 6.45) is 4.21. The molecule has 2 aliphatic rings. The number of aromatic nitrogens is 1. The zero-order chi connectivity index (χ0) is 17.8. The van der Waals surface area contributed by atoms with Crippen LogP contribution in [0.4, 0.5) is 5.13 Å².